The molecule has 0 saturated carbocycles. The van der Waals surface area contributed by atoms with Crippen LogP contribution in [0.4, 0.5) is 13.2 Å². The molecule has 4 heterocycles. The zero-order valence-corrected chi connectivity index (χ0v) is 24.0. The van der Waals surface area contributed by atoms with Crippen LogP contribution in [0, 0.1) is 0 Å². The molecule has 6 rings (SSSR count). The molecule has 2 saturated heterocycles. The third-order valence-corrected chi connectivity index (χ3v) is 9.23. The molecule has 0 radical (unpaired) electrons. The lowest BCUT2D eigenvalue weighted by molar-refractivity contribution is -0.220. The summed E-state index contributed by atoms with van der Waals surface area (Å²) in [6.07, 6.45) is -0.424. The fourth-order valence-corrected chi connectivity index (χ4v) is 7.53. The molecule has 0 aromatic heterocycles. The Morgan fingerprint density at radius 3 is 2.55 bits per heavy atom. The Bertz CT molecular complexity index is 1300. The van der Waals surface area contributed by atoms with E-state index in [1.807, 2.05) is 12.1 Å². The molecule has 1 unspecified atom stereocenters. The van der Waals surface area contributed by atoms with E-state index in [1.165, 1.54) is 7.11 Å². The summed E-state index contributed by atoms with van der Waals surface area (Å²) in [5.41, 5.74) is -1.07. The second kappa shape index (κ2) is 10.3. The van der Waals surface area contributed by atoms with Crippen molar-refractivity contribution in [2.45, 2.75) is 93.7 Å². The van der Waals surface area contributed by atoms with Crippen molar-refractivity contribution in [3.8, 4) is 11.5 Å². The third kappa shape index (κ3) is 5.10. The van der Waals surface area contributed by atoms with Crippen molar-refractivity contribution in [2.24, 2.45) is 0 Å². The molecular weight excluding hydrogens is 559 g/mol. The Hall–Kier alpha value is -2.99. The number of rotatable bonds is 6. The minimum Gasteiger partial charge on any atom is -0.497 e. The second-order valence-corrected chi connectivity index (χ2v) is 12.5. The van der Waals surface area contributed by atoms with Crippen molar-refractivity contribution >= 4 is 11.9 Å². The molecule has 230 valence electrons. The molecule has 4 atom stereocenters. The Kier molecular flexibility index (Phi) is 7.15. The average molecular weight is 596 g/mol. The van der Waals surface area contributed by atoms with E-state index in [2.05, 4.69) is 15.7 Å². The predicted molar refractivity (Wildman–Crippen MR) is 141 cm³/mol. The van der Waals surface area contributed by atoms with Gasteiger partial charge in [-0.15, -0.1) is 0 Å². The number of nitrogens with zero attached hydrogens (tertiary/aromatic N) is 1. The summed E-state index contributed by atoms with van der Waals surface area (Å²) in [7, 11) is 1.53. The monoisotopic (exact) mass is 595 g/mol. The zero-order valence-electron chi connectivity index (χ0n) is 24.0. The third-order valence-electron chi connectivity index (χ3n) is 9.23. The van der Waals surface area contributed by atoms with Gasteiger partial charge in [-0.1, -0.05) is 0 Å². The number of carbonyl (C=O) groups is 2. The molecule has 4 aliphatic heterocycles. The molecule has 2 fully saturated rings. The summed E-state index contributed by atoms with van der Waals surface area (Å²) in [6.45, 7) is 3.61. The summed E-state index contributed by atoms with van der Waals surface area (Å²) in [6, 6.07) is 3.95. The molecule has 5 aliphatic rings. The number of carbonyl (C=O) groups excluding carboxylic acids is 2. The standard InChI is InChI=1S/C30H36F3NO8/c1-27(2)7-4-9-29(42-27,15-23(35)38-16-30(31,32)33)26(36)41-25-22(37-3)14-28-8-5-10-34(28)11-6-18-12-20-21(40-17-39-20)13-19(18)24(25)28/h12-14,24-25H,4-11,15-17H2,1-3H3/t24-,25?,28-,29+/m1/s1. The number of alkyl halides is 3. The van der Waals surface area contributed by atoms with Crippen LogP contribution in [0.3, 0.4) is 0 Å². The first-order chi connectivity index (χ1) is 19.8. The van der Waals surface area contributed by atoms with Gasteiger partial charge in [0, 0.05) is 6.54 Å². The highest BCUT2D eigenvalue weighted by Gasteiger charge is 2.60. The quantitative estimate of drug-likeness (QED) is 0.439. The van der Waals surface area contributed by atoms with E-state index in [0.29, 0.717) is 30.1 Å². The lowest BCUT2D eigenvalue weighted by atomic mass is 9.77. The van der Waals surface area contributed by atoms with E-state index in [1.54, 1.807) is 13.8 Å². The minimum absolute atomic E-state index is 0.104. The molecule has 1 aliphatic carbocycles. The van der Waals surface area contributed by atoms with Crippen LogP contribution in [-0.2, 0) is 35.0 Å². The summed E-state index contributed by atoms with van der Waals surface area (Å²) in [5.74, 6) is -0.576. The second-order valence-electron chi connectivity index (χ2n) is 12.5. The first kappa shape index (κ1) is 29.1. The van der Waals surface area contributed by atoms with E-state index < -0.39 is 54.0 Å². The number of hydrogen-bond acceptors (Lipinski definition) is 9. The lowest BCUT2D eigenvalue weighted by Crippen LogP contribution is -2.54. The van der Waals surface area contributed by atoms with Crippen molar-refractivity contribution in [1.29, 1.82) is 0 Å². The van der Waals surface area contributed by atoms with E-state index in [9.17, 15) is 22.8 Å². The maximum absolute atomic E-state index is 14.2. The fourth-order valence-electron chi connectivity index (χ4n) is 7.53. The number of esters is 2. The highest BCUT2D eigenvalue weighted by molar-refractivity contribution is 5.86. The minimum atomic E-state index is -4.69. The molecule has 0 N–H and O–H groups in total. The average Bonchev–Trinajstić information content (AvgIpc) is 3.60. The van der Waals surface area contributed by atoms with Crippen LogP contribution in [0.2, 0.25) is 0 Å². The van der Waals surface area contributed by atoms with Crippen molar-refractivity contribution in [1.82, 2.24) is 4.90 Å². The van der Waals surface area contributed by atoms with Crippen LogP contribution in [-0.4, -0.2) is 79.5 Å². The van der Waals surface area contributed by atoms with Crippen molar-refractivity contribution in [3.05, 3.63) is 35.1 Å². The molecule has 0 bridgehead atoms. The molecular formula is C30H36F3NO8. The largest absolute Gasteiger partial charge is 0.497 e. The van der Waals surface area contributed by atoms with Gasteiger partial charge in [0.1, 0.15) is 5.76 Å². The maximum atomic E-state index is 14.2. The van der Waals surface area contributed by atoms with E-state index in [4.69, 9.17) is 23.7 Å². The number of benzene rings is 1. The van der Waals surface area contributed by atoms with Crippen LogP contribution < -0.4 is 9.47 Å². The normalized spacial score (nSPS) is 31.3. The topological polar surface area (TPSA) is 92.8 Å². The SMILES string of the molecule is COC1=C[C@@]23CCCN2CCc2cc4c(cc2[C@@H]3C1OC(=O)[C@@]1(CC(=O)OCC(F)(F)F)CCCC(C)(C)O1)OCO4. The maximum Gasteiger partial charge on any atom is 0.422 e. The summed E-state index contributed by atoms with van der Waals surface area (Å²) in [4.78, 5) is 29.2. The molecule has 9 nitrogen and oxygen atoms in total. The van der Waals surface area contributed by atoms with Crippen molar-refractivity contribution < 1.29 is 51.2 Å². The van der Waals surface area contributed by atoms with Crippen molar-refractivity contribution in [3.63, 3.8) is 0 Å². The summed E-state index contributed by atoms with van der Waals surface area (Å²) >= 11 is 0. The van der Waals surface area contributed by atoms with Crippen LogP contribution in [0.15, 0.2) is 24.0 Å². The Morgan fingerprint density at radius 2 is 1.83 bits per heavy atom. The number of halogens is 3. The van der Waals surface area contributed by atoms with E-state index >= 15 is 0 Å². The molecule has 1 spiro atoms. The van der Waals surface area contributed by atoms with Crippen LogP contribution in [0.25, 0.3) is 0 Å². The van der Waals surface area contributed by atoms with Crippen LogP contribution in [0.1, 0.15) is 69.4 Å². The number of ether oxygens (including phenoxy) is 6. The fraction of sp³-hybridized carbons (Fsp3) is 0.667. The Labute approximate surface area is 242 Å². The van der Waals surface area contributed by atoms with Gasteiger partial charge in [-0.3, -0.25) is 9.69 Å². The Morgan fingerprint density at radius 1 is 1.07 bits per heavy atom. The highest BCUT2D eigenvalue weighted by atomic mass is 19.4. The first-order valence-corrected chi connectivity index (χ1v) is 14.4. The van der Waals surface area contributed by atoms with Gasteiger partial charge >= 0.3 is 18.1 Å². The van der Waals surface area contributed by atoms with Gasteiger partial charge in [0.25, 0.3) is 0 Å². The summed E-state index contributed by atoms with van der Waals surface area (Å²) in [5, 5.41) is 0. The Balaban J connectivity index is 1.36. The number of hydrogen-bond donors (Lipinski definition) is 0. The van der Waals surface area contributed by atoms with Gasteiger partial charge < -0.3 is 28.4 Å². The van der Waals surface area contributed by atoms with E-state index in [-0.39, 0.29) is 19.1 Å². The number of fused-ring (bicyclic) bond motifs is 3. The predicted octanol–water partition coefficient (Wildman–Crippen LogP) is 4.56. The van der Waals surface area contributed by atoms with Gasteiger partial charge in [0.05, 0.1) is 30.6 Å². The first-order valence-electron chi connectivity index (χ1n) is 14.4. The van der Waals surface area contributed by atoms with Crippen molar-refractivity contribution in [2.75, 3.05) is 33.6 Å². The van der Waals surface area contributed by atoms with Gasteiger partial charge in [0.2, 0.25) is 6.79 Å². The van der Waals surface area contributed by atoms with Gasteiger partial charge in [-0.05, 0) is 88.3 Å². The zero-order chi connectivity index (χ0) is 29.9. The number of methoxy groups -OCH3 is 1. The molecule has 12 heteroatoms. The molecule has 1 aromatic rings. The molecule has 0 amide bonds. The van der Waals surface area contributed by atoms with Crippen LogP contribution in [0.5, 0.6) is 11.5 Å². The molecule has 42 heavy (non-hydrogen) atoms. The lowest BCUT2D eigenvalue weighted by Gasteiger charge is -2.44. The van der Waals surface area contributed by atoms with Gasteiger partial charge in [-0.25, -0.2) is 4.79 Å². The van der Waals surface area contributed by atoms with E-state index in [0.717, 1.165) is 43.5 Å². The smallest absolute Gasteiger partial charge is 0.422 e. The van der Waals surface area contributed by atoms with Crippen LogP contribution >= 0.6 is 0 Å². The van der Waals surface area contributed by atoms with Gasteiger partial charge in [0.15, 0.2) is 29.8 Å². The van der Waals surface area contributed by atoms with Gasteiger partial charge in [-0.2, -0.15) is 13.2 Å². The molecule has 1 aromatic carbocycles. The summed E-state index contributed by atoms with van der Waals surface area (Å²) < 4.78 is 72.6. The highest BCUT2D eigenvalue weighted by Crippen LogP contribution is 2.56.